The number of rotatable bonds is 0. The molecule has 118 valence electrons. The number of nitrogens with zero attached hydrogens (tertiary/aromatic N) is 1. The van der Waals surface area contributed by atoms with E-state index in [-0.39, 0.29) is 11.5 Å². The predicted molar refractivity (Wildman–Crippen MR) is 84.1 cm³/mol. The zero-order valence-electron chi connectivity index (χ0n) is 13.6. The second-order valence-corrected chi connectivity index (χ2v) is 10.4. The van der Waals surface area contributed by atoms with Crippen molar-refractivity contribution in [1.82, 2.24) is 4.90 Å². The Morgan fingerprint density at radius 3 is 2.95 bits per heavy atom. The summed E-state index contributed by atoms with van der Waals surface area (Å²) >= 11 is 0. The summed E-state index contributed by atoms with van der Waals surface area (Å²) in [5, 5.41) is 11.2. The Morgan fingerprint density at radius 1 is 1.23 bits per heavy atom. The molecule has 1 N–H and O–H groups in total. The fourth-order valence-corrected chi connectivity index (χ4v) is 10.4. The average molecular weight is 297 g/mol. The minimum atomic E-state index is -0.172. The van der Waals surface area contributed by atoms with Crippen LogP contribution in [-0.2, 0) is 0 Å². The maximum Gasteiger partial charge on any atom is 0.0813 e. The van der Waals surface area contributed by atoms with Gasteiger partial charge in [-0.15, -0.1) is 0 Å². The Hall–Kier alpha value is -0.340. The first kappa shape index (κ1) is 12.1. The van der Waals surface area contributed by atoms with Crippen molar-refractivity contribution in [3.8, 4) is 0 Å². The molecule has 9 aliphatic rings. The van der Waals surface area contributed by atoms with Crippen molar-refractivity contribution in [1.29, 1.82) is 0 Å². The van der Waals surface area contributed by atoms with Gasteiger partial charge in [0.25, 0.3) is 0 Å². The Bertz CT molecular complexity index is 644. The van der Waals surface area contributed by atoms with Crippen molar-refractivity contribution in [3.05, 3.63) is 12.2 Å². The second-order valence-electron chi connectivity index (χ2n) is 10.4. The summed E-state index contributed by atoms with van der Waals surface area (Å²) in [6.07, 6.45) is 8.23. The zero-order valence-corrected chi connectivity index (χ0v) is 13.6. The van der Waals surface area contributed by atoms with Crippen LogP contribution in [0.25, 0.3) is 0 Å². The SMILES string of the molecule is C=C1C2CC3C45CCC[C@@]6(C)CN7[C@@H](C[C@@]3(C1O)[C@H](C2)[C@@H]74)[C@@H]56. The molecule has 2 spiro atoms. The topological polar surface area (TPSA) is 23.5 Å². The molecule has 0 aromatic rings. The van der Waals surface area contributed by atoms with Crippen molar-refractivity contribution >= 4 is 0 Å². The number of hydrogen-bond acceptors (Lipinski definition) is 2. The van der Waals surface area contributed by atoms with Crippen molar-refractivity contribution in [3.63, 3.8) is 0 Å². The number of aliphatic hydroxyl groups excluding tert-OH is 1. The first-order chi connectivity index (χ1) is 10.5. The van der Waals surface area contributed by atoms with E-state index >= 15 is 0 Å². The molecule has 3 saturated heterocycles. The first-order valence-corrected chi connectivity index (χ1v) is 9.66. The summed E-state index contributed by atoms with van der Waals surface area (Å²) in [5.74, 6) is 3.21. The van der Waals surface area contributed by atoms with Gasteiger partial charge in [-0.05, 0) is 72.2 Å². The van der Waals surface area contributed by atoms with E-state index in [1.54, 1.807) is 0 Å². The molecule has 22 heavy (non-hydrogen) atoms. The minimum Gasteiger partial charge on any atom is -0.388 e. The van der Waals surface area contributed by atoms with Crippen molar-refractivity contribution < 1.29 is 5.11 Å². The minimum absolute atomic E-state index is 0.172. The number of aliphatic hydroxyl groups is 1. The van der Waals surface area contributed by atoms with Gasteiger partial charge in [0.2, 0.25) is 0 Å². The highest BCUT2D eigenvalue weighted by Gasteiger charge is 2.87. The van der Waals surface area contributed by atoms with Crippen LogP contribution in [0.4, 0.5) is 0 Å². The second kappa shape index (κ2) is 2.99. The molecular weight excluding hydrogens is 270 g/mol. The van der Waals surface area contributed by atoms with Crippen LogP contribution in [0, 0.1) is 39.9 Å². The largest absolute Gasteiger partial charge is 0.388 e. The van der Waals surface area contributed by atoms with Gasteiger partial charge in [0, 0.05) is 24.0 Å². The van der Waals surface area contributed by atoms with Crippen LogP contribution in [-0.4, -0.2) is 34.7 Å². The number of piperidine rings is 2. The van der Waals surface area contributed by atoms with Gasteiger partial charge in [-0.2, -0.15) is 0 Å². The highest BCUT2D eigenvalue weighted by Crippen LogP contribution is 2.86. The van der Waals surface area contributed by atoms with Gasteiger partial charge < -0.3 is 5.11 Å². The van der Waals surface area contributed by atoms with Crippen molar-refractivity contribution in [2.75, 3.05) is 6.54 Å². The van der Waals surface area contributed by atoms with Gasteiger partial charge in [0.05, 0.1) is 6.10 Å². The Labute approximate surface area is 132 Å². The van der Waals surface area contributed by atoms with E-state index in [0.717, 1.165) is 29.8 Å². The lowest BCUT2D eigenvalue weighted by Crippen LogP contribution is -2.63. The highest BCUT2D eigenvalue weighted by molar-refractivity contribution is 5.42. The van der Waals surface area contributed by atoms with Gasteiger partial charge in [-0.25, -0.2) is 0 Å². The van der Waals surface area contributed by atoms with Crippen LogP contribution in [0.1, 0.15) is 45.4 Å². The standard InChI is InChI=1S/C20H27NO/c1-10-11-6-12-16-19-5-3-4-18(2)9-21(16)13(15(18)19)8-20(12,17(10)22)14(19)7-11/h11-17,22H,1,3-9H2,2H3/t11?,12-,13+,14?,15-,16-,17?,18+,19?,20-/m1/s1. The Balaban J connectivity index is 1.53. The molecule has 2 nitrogen and oxygen atoms in total. The summed E-state index contributed by atoms with van der Waals surface area (Å²) in [4.78, 5) is 2.98. The van der Waals surface area contributed by atoms with Gasteiger partial charge in [-0.1, -0.05) is 19.9 Å². The summed E-state index contributed by atoms with van der Waals surface area (Å²) in [7, 11) is 0. The fraction of sp³-hybridized carbons (Fsp3) is 0.900. The third kappa shape index (κ3) is 0.815. The number of hydrogen-bond donors (Lipinski definition) is 1. The fourth-order valence-electron chi connectivity index (χ4n) is 10.4. The quantitative estimate of drug-likeness (QED) is 0.695. The molecule has 3 aliphatic heterocycles. The first-order valence-electron chi connectivity index (χ1n) is 9.66. The molecule has 5 unspecified atom stereocenters. The number of fused-ring (bicyclic) bond motifs is 1. The van der Waals surface area contributed by atoms with Gasteiger partial charge in [0.1, 0.15) is 0 Å². The van der Waals surface area contributed by atoms with Gasteiger partial charge in [-0.3, -0.25) is 4.90 Å². The van der Waals surface area contributed by atoms with Crippen LogP contribution in [0.15, 0.2) is 12.2 Å². The van der Waals surface area contributed by atoms with E-state index < -0.39 is 0 Å². The highest BCUT2D eigenvalue weighted by atomic mass is 16.3. The van der Waals surface area contributed by atoms with Gasteiger partial charge >= 0.3 is 0 Å². The van der Waals surface area contributed by atoms with Crippen LogP contribution in [0.3, 0.4) is 0 Å². The summed E-state index contributed by atoms with van der Waals surface area (Å²) < 4.78 is 0. The lowest BCUT2D eigenvalue weighted by Gasteiger charge is -2.64. The maximum absolute atomic E-state index is 11.2. The summed E-state index contributed by atoms with van der Waals surface area (Å²) in [6, 6.07) is 1.64. The lowest BCUT2D eigenvalue weighted by atomic mass is 9.40. The van der Waals surface area contributed by atoms with Crippen molar-refractivity contribution in [2.24, 2.45) is 39.9 Å². The molecular formula is C20H27NO. The molecule has 2 heteroatoms. The monoisotopic (exact) mass is 297 g/mol. The molecule has 11 atom stereocenters. The summed E-state index contributed by atoms with van der Waals surface area (Å²) in [5.41, 5.74) is 2.65. The molecule has 9 fully saturated rings. The van der Waals surface area contributed by atoms with Crippen LogP contribution < -0.4 is 0 Å². The average Bonchev–Trinajstić information content (AvgIpc) is 2.90. The molecule has 0 amide bonds. The molecule has 0 radical (unpaired) electrons. The van der Waals surface area contributed by atoms with Crippen LogP contribution >= 0.6 is 0 Å². The summed E-state index contributed by atoms with van der Waals surface area (Å²) in [6.45, 7) is 8.32. The van der Waals surface area contributed by atoms with E-state index in [4.69, 9.17) is 0 Å². The Morgan fingerprint density at radius 2 is 2.09 bits per heavy atom. The van der Waals surface area contributed by atoms with E-state index in [2.05, 4.69) is 18.4 Å². The molecule has 0 aromatic heterocycles. The third-order valence-corrected chi connectivity index (χ3v) is 10.3. The molecule has 6 aliphatic carbocycles. The van der Waals surface area contributed by atoms with Crippen LogP contribution in [0.2, 0.25) is 0 Å². The van der Waals surface area contributed by atoms with E-state index in [0.29, 0.717) is 16.7 Å². The molecule has 0 aromatic carbocycles. The maximum atomic E-state index is 11.2. The normalized spacial score (nSPS) is 75.1. The Kier molecular flexibility index (Phi) is 1.64. The third-order valence-electron chi connectivity index (χ3n) is 10.3. The lowest BCUT2D eigenvalue weighted by molar-refractivity contribution is -0.166. The molecule has 3 heterocycles. The van der Waals surface area contributed by atoms with E-state index in [1.807, 2.05) is 0 Å². The molecule has 9 rings (SSSR count). The van der Waals surface area contributed by atoms with Crippen molar-refractivity contribution in [2.45, 2.75) is 63.6 Å². The predicted octanol–water partition coefficient (Wildman–Crippen LogP) is 2.82. The zero-order chi connectivity index (χ0) is 14.6. The molecule has 9 bridgehead atoms. The van der Waals surface area contributed by atoms with Gasteiger partial charge in [0.15, 0.2) is 0 Å². The van der Waals surface area contributed by atoms with E-state index in [9.17, 15) is 5.11 Å². The molecule has 6 saturated carbocycles. The van der Waals surface area contributed by atoms with E-state index in [1.165, 1.54) is 50.6 Å². The van der Waals surface area contributed by atoms with Crippen LogP contribution in [0.5, 0.6) is 0 Å². The smallest absolute Gasteiger partial charge is 0.0813 e.